The Morgan fingerprint density at radius 1 is 1.21 bits per heavy atom. The number of likely N-dealkylation sites (tertiary alicyclic amines) is 1. The third-order valence-electron chi connectivity index (χ3n) is 4.50. The van der Waals surface area contributed by atoms with Crippen molar-refractivity contribution in [3.8, 4) is 0 Å². The van der Waals surface area contributed by atoms with E-state index in [-0.39, 0.29) is 5.91 Å². The summed E-state index contributed by atoms with van der Waals surface area (Å²) in [6.45, 7) is 3.43. The molecule has 3 aromatic heterocycles. The van der Waals surface area contributed by atoms with Crippen LogP contribution in [0, 0.1) is 6.92 Å². The number of nitrogens with zero attached hydrogens (tertiary/aromatic N) is 6. The second-order valence-corrected chi connectivity index (χ2v) is 6.14. The van der Waals surface area contributed by atoms with Crippen LogP contribution < -0.4 is 0 Å². The molecule has 0 atom stereocenters. The summed E-state index contributed by atoms with van der Waals surface area (Å²) >= 11 is 0. The smallest absolute Gasteiger partial charge is 0.255 e. The highest BCUT2D eigenvalue weighted by atomic mass is 16.2. The van der Waals surface area contributed by atoms with Crippen molar-refractivity contribution >= 4 is 11.6 Å². The van der Waals surface area contributed by atoms with Gasteiger partial charge in [0.2, 0.25) is 0 Å². The molecule has 0 bridgehead atoms. The highest BCUT2D eigenvalue weighted by molar-refractivity contribution is 5.93. The van der Waals surface area contributed by atoms with Crippen LogP contribution in [0.1, 0.15) is 40.5 Å². The van der Waals surface area contributed by atoms with Gasteiger partial charge in [-0.15, -0.1) is 0 Å². The fourth-order valence-electron chi connectivity index (χ4n) is 3.22. The molecular formula is C17H18N6O. The summed E-state index contributed by atoms with van der Waals surface area (Å²) in [5.41, 5.74) is 3.52. The minimum absolute atomic E-state index is 0.0261. The Kier molecular flexibility index (Phi) is 3.68. The number of amides is 1. The lowest BCUT2D eigenvalue weighted by Crippen LogP contribution is -2.38. The molecule has 0 radical (unpaired) electrons. The molecule has 0 spiro atoms. The van der Waals surface area contributed by atoms with E-state index in [1.54, 1.807) is 16.8 Å². The maximum absolute atomic E-state index is 12.5. The van der Waals surface area contributed by atoms with E-state index in [4.69, 9.17) is 4.98 Å². The summed E-state index contributed by atoms with van der Waals surface area (Å²) in [5.74, 6) is 0.406. The average molecular weight is 322 g/mol. The zero-order chi connectivity index (χ0) is 16.5. The van der Waals surface area contributed by atoms with Crippen molar-refractivity contribution in [2.75, 3.05) is 13.1 Å². The fraction of sp³-hybridized carbons (Fsp3) is 0.353. The molecule has 0 aliphatic carbocycles. The molecule has 7 heteroatoms. The van der Waals surface area contributed by atoms with Gasteiger partial charge in [-0.1, -0.05) is 0 Å². The largest absolute Gasteiger partial charge is 0.339 e. The Balaban J connectivity index is 1.46. The third kappa shape index (κ3) is 2.73. The molecule has 0 unspecified atom stereocenters. The fourth-order valence-corrected chi connectivity index (χ4v) is 3.22. The molecule has 1 saturated heterocycles. The number of hydrogen-bond donors (Lipinski definition) is 0. The topological polar surface area (TPSA) is 76.3 Å². The molecule has 122 valence electrons. The van der Waals surface area contributed by atoms with Crippen LogP contribution in [0.2, 0.25) is 0 Å². The quantitative estimate of drug-likeness (QED) is 0.719. The van der Waals surface area contributed by atoms with E-state index in [0.29, 0.717) is 11.5 Å². The van der Waals surface area contributed by atoms with Gasteiger partial charge >= 0.3 is 0 Å². The van der Waals surface area contributed by atoms with Crippen LogP contribution in [-0.4, -0.2) is 48.7 Å². The number of fused-ring (bicyclic) bond motifs is 1. The van der Waals surface area contributed by atoms with Crippen LogP contribution in [-0.2, 0) is 0 Å². The highest BCUT2D eigenvalue weighted by Crippen LogP contribution is 2.27. The van der Waals surface area contributed by atoms with Gasteiger partial charge in [0.25, 0.3) is 5.91 Å². The van der Waals surface area contributed by atoms with Crippen molar-refractivity contribution in [3.05, 3.63) is 53.7 Å². The molecule has 0 aromatic carbocycles. The van der Waals surface area contributed by atoms with Gasteiger partial charge in [-0.2, -0.15) is 15.3 Å². The van der Waals surface area contributed by atoms with E-state index in [2.05, 4.69) is 15.3 Å². The number of aryl methyl sites for hydroxylation is 1. The molecule has 3 aromatic rings. The number of carbonyl (C=O) groups excluding carboxylic acids is 1. The van der Waals surface area contributed by atoms with Crippen LogP contribution in [0.25, 0.3) is 5.65 Å². The summed E-state index contributed by atoms with van der Waals surface area (Å²) in [6.07, 6.45) is 6.87. The lowest BCUT2D eigenvalue weighted by Gasteiger charge is -2.31. The van der Waals surface area contributed by atoms with Crippen LogP contribution >= 0.6 is 0 Å². The molecule has 1 amide bonds. The Hall–Kier alpha value is -2.83. The molecule has 1 aliphatic heterocycles. The predicted molar refractivity (Wildman–Crippen MR) is 87.6 cm³/mol. The van der Waals surface area contributed by atoms with Crippen molar-refractivity contribution in [1.29, 1.82) is 0 Å². The maximum atomic E-state index is 12.5. The van der Waals surface area contributed by atoms with E-state index in [0.717, 1.165) is 43.0 Å². The van der Waals surface area contributed by atoms with Crippen LogP contribution in [0.4, 0.5) is 0 Å². The number of piperidine rings is 1. The van der Waals surface area contributed by atoms with Crippen molar-refractivity contribution in [2.45, 2.75) is 25.7 Å². The summed E-state index contributed by atoms with van der Waals surface area (Å²) in [6, 6.07) is 5.73. The molecule has 1 aliphatic rings. The van der Waals surface area contributed by atoms with Crippen molar-refractivity contribution in [2.24, 2.45) is 0 Å². The average Bonchev–Trinajstić information content (AvgIpc) is 3.01. The number of aromatic nitrogens is 5. The van der Waals surface area contributed by atoms with Gasteiger partial charge in [0.15, 0.2) is 5.65 Å². The number of hydrogen-bond acceptors (Lipinski definition) is 5. The SMILES string of the molecule is Cc1cc2nc(C3CCN(C(=O)c4ccnnc4)CC3)ccn2n1. The minimum atomic E-state index is 0.0261. The van der Waals surface area contributed by atoms with Crippen LogP contribution in [0.5, 0.6) is 0 Å². The summed E-state index contributed by atoms with van der Waals surface area (Å²) in [4.78, 5) is 19.1. The van der Waals surface area contributed by atoms with Gasteiger partial charge in [-0.25, -0.2) is 9.50 Å². The summed E-state index contributed by atoms with van der Waals surface area (Å²) < 4.78 is 1.80. The summed E-state index contributed by atoms with van der Waals surface area (Å²) in [5, 5.41) is 11.9. The molecule has 0 saturated carbocycles. The molecule has 7 nitrogen and oxygen atoms in total. The van der Waals surface area contributed by atoms with E-state index < -0.39 is 0 Å². The molecular weight excluding hydrogens is 304 g/mol. The van der Waals surface area contributed by atoms with Crippen LogP contribution in [0.3, 0.4) is 0 Å². The number of rotatable bonds is 2. The second-order valence-electron chi connectivity index (χ2n) is 6.14. The third-order valence-corrected chi connectivity index (χ3v) is 4.50. The molecule has 24 heavy (non-hydrogen) atoms. The Morgan fingerprint density at radius 2 is 2.04 bits per heavy atom. The van der Waals surface area contributed by atoms with E-state index in [1.165, 1.54) is 6.20 Å². The van der Waals surface area contributed by atoms with Gasteiger partial charge in [-0.3, -0.25) is 4.79 Å². The molecule has 4 rings (SSSR count). The van der Waals surface area contributed by atoms with Gasteiger partial charge in [0.1, 0.15) is 0 Å². The normalized spacial score (nSPS) is 15.8. The van der Waals surface area contributed by atoms with E-state index >= 15 is 0 Å². The van der Waals surface area contributed by atoms with E-state index in [9.17, 15) is 4.79 Å². The monoisotopic (exact) mass is 322 g/mol. The van der Waals surface area contributed by atoms with Gasteiger partial charge in [-0.05, 0) is 31.9 Å². The maximum Gasteiger partial charge on any atom is 0.255 e. The Morgan fingerprint density at radius 3 is 2.79 bits per heavy atom. The summed E-state index contributed by atoms with van der Waals surface area (Å²) in [7, 11) is 0. The first-order valence-corrected chi connectivity index (χ1v) is 8.09. The van der Waals surface area contributed by atoms with Crippen molar-refractivity contribution in [3.63, 3.8) is 0 Å². The van der Waals surface area contributed by atoms with Gasteiger partial charge < -0.3 is 4.90 Å². The van der Waals surface area contributed by atoms with Gasteiger partial charge in [0, 0.05) is 37.0 Å². The minimum Gasteiger partial charge on any atom is -0.339 e. The highest BCUT2D eigenvalue weighted by Gasteiger charge is 2.25. The zero-order valence-corrected chi connectivity index (χ0v) is 13.5. The van der Waals surface area contributed by atoms with E-state index in [1.807, 2.05) is 30.2 Å². The van der Waals surface area contributed by atoms with Crippen molar-refractivity contribution < 1.29 is 4.79 Å². The zero-order valence-electron chi connectivity index (χ0n) is 13.5. The first-order chi connectivity index (χ1) is 11.7. The predicted octanol–water partition coefficient (Wildman–Crippen LogP) is 1.85. The first kappa shape index (κ1) is 14.7. The van der Waals surface area contributed by atoms with Crippen molar-refractivity contribution in [1.82, 2.24) is 29.7 Å². The standard InChI is InChI=1S/C17H18N6O/c1-12-10-16-20-15(5-9-23(16)21-12)13-3-7-22(8-4-13)17(24)14-2-6-18-19-11-14/h2,5-6,9-11,13H,3-4,7-8H2,1H3. The van der Waals surface area contributed by atoms with Crippen LogP contribution in [0.15, 0.2) is 36.8 Å². The second kappa shape index (κ2) is 5.99. The molecule has 1 fully saturated rings. The Labute approximate surface area is 139 Å². The van der Waals surface area contributed by atoms with Gasteiger partial charge in [0.05, 0.1) is 23.7 Å². The molecule has 0 N–H and O–H groups in total. The number of carbonyl (C=O) groups is 1. The Bertz CT molecular complexity index is 867. The molecule has 4 heterocycles. The lowest BCUT2D eigenvalue weighted by atomic mass is 9.93. The first-order valence-electron chi connectivity index (χ1n) is 8.09. The lowest BCUT2D eigenvalue weighted by molar-refractivity contribution is 0.0711.